The number of amides is 2. The summed E-state index contributed by atoms with van der Waals surface area (Å²) < 4.78 is 13.5. The lowest BCUT2D eigenvalue weighted by Gasteiger charge is -2.28. The molecule has 0 spiro atoms. The van der Waals surface area contributed by atoms with E-state index in [4.69, 9.17) is 5.11 Å². The molecule has 2 rings (SSSR count). The Labute approximate surface area is 139 Å². The van der Waals surface area contributed by atoms with E-state index in [2.05, 4.69) is 10.6 Å². The summed E-state index contributed by atoms with van der Waals surface area (Å²) >= 11 is 0. The van der Waals surface area contributed by atoms with E-state index >= 15 is 0 Å². The molecule has 1 aliphatic heterocycles. The van der Waals surface area contributed by atoms with Gasteiger partial charge in [0.15, 0.2) is 0 Å². The maximum absolute atomic E-state index is 13.5. The van der Waals surface area contributed by atoms with Gasteiger partial charge < -0.3 is 15.7 Å². The quantitative estimate of drug-likeness (QED) is 0.674. The molecule has 0 saturated carbocycles. The Bertz CT molecular complexity index is 635. The van der Waals surface area contributed by atoms with Gasteiger partial charge in [0.1, 0.15) is 5.82 Å². The van der Waals surface area contributed by atoms with Crippen molar-refractivity contribution in [2.24, 2.45) is 0 Å². The van der Waals surface area contributed by atoms with Gasteiger partial charge in [-0.1, -0.05) is 18.2 Å². The Morgan fingerprint density at radius 2 is 1.96 bits per heavy atom. The van der Waals surface area contributed by atoms with Crippen molar-refractivity contribution in [2.75, 3.05) is 0 Å². The fourth-order valence-corrected chi connectivity index (χ4v) is 2.90. The zero-order valence-corrected chi connectivity index (χ0v) is 13.3. The van der Waals surface area contributed by atoms with Gasteiger partial charge in [-0.25, -0.2) is 4.39 Å². The number of carbonyl (C=O) groups excluding carboxylic acids is 2. The first-order valence-corrected chi connectivity index (χ1v) is 7.93. The molecular formula is C17H21FN2O4. The second-order valence-electron chi connectivity index (χ2n) is 6.09. The van der Waals surface area contributed by atoms with Crippen LogP contribution in [0.15, 0.2) is 24.3 Å². The van der Waals surface area contributed by atoms with Crippen LogP contribution in [0, 0.1) is 5.82 Å². The van der Waals surface area contributed by atoms with Crippen LogP contribution in [0.5, 0.6) is 0 Å². The van der Waals surface area contributed by atoms with E-state index in [0.717, 1.165) is 0 Å². The summed E-state index contributed by atoms with van der Waals surface area (Å²) in [6.45, 7) is 0.0972. The molecule has 1 aliphatic rings. The highest BCUT2D eigenvalue weighted by molar-refractivity contribution is 5.80. The van der Waals surface area contributed by atoms with Crippen molar-refractivity contribution < 1.29 is 23.9 Å². The Hall–Kier alpha value is -2.44. The van der Waals surface area contributed by atoms with Crippen molar-refractivity contribution in [3.63, 3.8) is 0 Å². The summed E-state index contributed by atoms with van der Waals surface area (Å²) in [5, 5.41) is 14.3. The first-order valence-electron chi connectivity index (χ1n) is 7.93. The molecule has 6 nitrogen and oxygen atoms in total. The fourth-order valence-electron chi connectivity index (χ4n) is 2.90. The highest BCUT2D eigenvalue weighted by atomic mass is 19.1. The predicted octanol–water partition coefficient (Wildman–Crippen LogP) is 1.74. The lowest BCUT2D eigenvalue weighted by molar-refractivity contribution is -0.137. The Morgan fingerprint density at radius 3 is 2.58 bits per heavy atom. The lowest BCUT2D eigenvalue weighted by Crippen LogP contribution is -2.43. The molecule has 0 bridgehead atoms. The lowest BCUT2D eigenvalue weighted by atomic mass is 9.86. The molecule has 1 saturated heterocycles. The second-order valence-corrected chi connectivity index (χ2v) is 6.09. The van der Waals surface area contributed by atoms with E-state index in [1.807, 2.05) is 0 Å². The number of aliphatic carboxylic acids is 1. The van der Waals surface area contributed by atoms with Gasteiger partial charge in [-0.3, -0.25) is 14.4 Å². The van der Waals surface area contributed by atoms with Gasteiger partial charge in [0.05, 0.1) is 0 Å². The van der Waals surface area contributed by atoms with Crippen molar-refractivity contribution in [1.29, 1.82) is 0 Å². The summed E-state index contributed by atoms with van der Waals surface area (Å²) in [5.74, 6) is -1.68. The maximum atomic E-state index is 13.5. The van der Waals surface area contributed by atoms with Crippen molar-refractivity contribution in [3.05, 3.63) is 35.6 Å². The van der Waals surface area contributed by atoms with E-state index in [0.29, 0.717) is 31.2 Å². The van der Waals surface area contributed by atoms with Crippen LogP contribution in [0.3, 0.4) is 0 Å². The SMILES string of the molecule is O=C(O)CC[C@]1(CCC(=O)NCc2ccccc2F)CCC(=O)N1. The Morgan fingerprint density at radius 1 is 1.25 bits per heavy atom. The second kappa shape index (κ2) is 7.90. The molecule has 1 aromatic rings. The third-order valence-corrected chi connectivity index (χ3v) is 4.32. The summed E-state index contributed by atoms with van der Waals surface area (Å²) in [7, 11) is 0. The maximum Gasteiger partial charge on any atom is 0.303 e. The Balaban J connectivity index is 1.85. The molecule has 0 unspecified atom stereocenters. The van der Waals surface area contributed by atoms with Crippen LogP contribution in [0.4, 0.5) is 4.39 Å². The van der Waals surface area contributed by atoms with Gasteiger partial charge in [-0.2, -0.15) is 0 Å². The molecule has 2 amide bonds. The normalized spacial score (nSPS) is 19.8. The average molecular weight is 336 g/mol. The van der Waals surface area contributed by atoms with Gasteiger partial charge in [0, 0.05) is 36.9 Å². The van der Waals surface area contributed by atoms with Gasteiger partial charge in [0.2, 0.25) is 11.8 Å². The van der Waals surface area contributed by atoms with Crippen LogP contribution in [-0.4, -0.2) is 28.4 Å². The predicted molar refractivity (Wildman–Crippen MR) is 84.5 cm³/mol. The van der Waals surface area contributed by atoms with Crippen molar-refractivity contribution in [1.82, 2.24) is 10.6 Å². The smallest absolute Gasteiger partial charge is 0.303 e. The summed E-state index contributed by atoms with van der Waals surface area (Å²) in [6.07, 6.45) is 1.63. The van der Waals surface area contributed by atoms with Gasteiger partial charge >= 0.3 is 5.97 Å². The van der Waals surface area contributed by atoms with E-state index in [1.54, 1.807) is 18.2 Å². The molecule has 1 atom stereocenters. The van der Waals surface area contributed by atoms with E-state index < -0.39 is 11.5 Å². The molecule has 7 heteroatoms. The van der Waals surface area contributed by atoms with Gasteiger partial charge in [-0.15, -0.1) is 0 Å². The third kappa shape index (κ3) is 5.04. The summed E-state index contributed by atoms with van der Waals surface area (Å²) in [4.78, 5) is 34.3. The van der Waals surface area contributed by atoms with Crippen LogP contribution in [0.2, 0.25) is 0 Å². The zero-order valence-electron chi connectivity index (χ0n) is 13.3. The molecule has 1 heterocycles. The van der Waals surface area contributed by atoms with E-state index in [1.165, 1.54) is 6.07 Å². The number of carboxylic acid groups (broad SMARTS) is 1. The molecule has 0 aliphatic carbocycles. The van der Waals surface area contributed by atoms with E-state index in [-0.39, 0.29) is 37.0 Å². The van der Waals surface area contributed by atoms with Crippen molar-refractivity contribution in [3.8, 4) is 0 Å². The van der Waals surface area contributed by atoms with E-state index in [9.17, 15) is 18.8 Å². The topological polar surface area (TPSA) is 95.5 Å². The number of nitrogens with one attached hydrogen (secondary N) is 2. The zero-order chi connectivity index (χ0) is 17.6. The van der Waals surface area contributed by atoms with Crippen molar-refractivity contribution in [2.45, 2.75) is 50.6 Å². The number of carboxylic acids is 1. The molecule has 1 fully saturated rings. The average Bonchev–Trinajstić information content (AvgIpc) is 2.92. The van der Waals surface area contributed by atoms with Crippen LogP contribution in [0.25, 0.3) is 0 Å². The van der Waals surface area contributed by atoms with Crippen LogP contribution in [0.1, 0.15) is 44.1 Å². The summed E-state index contributed by atoms with van der Waals surface area (Å²) in [6, 6.07) is 6.20. The third-order valence-electron chi connectivity index (χ3n) is 4.32. The van der Waals surface area contributed by atoms with Crippen LogP contribution >= 0.6 is 0 Å². The molecule has 1 aromatic carbocycles. The number of carbonyl (C=O) groups is 3. The molecule has 0 aromatic heterocycles. The molecule has 24 heavy (non-hydrogen) atoms. The first-order chi connectivity index (χ1) is 11.4. The number of rotatable bonds is 8. The highest BCUT2D eigenvalue weighted by Crippen LogP contribution is 2.30. The molecular weight excluding hydrogens is 315 g/mol. The molecule has 0 radical (unpaired) electrons. The number of hydrogen-bond donors (Lipinski definition) is 3. The minimum atomic E-state index is -0.931. The first kappa shape index (κ1) is 17.9. The highest BCUT2D eigenvalue weighted by Gasteiger charge is 2.37. The monoisotopic (exact) mass is 336 g/mol. The number of hydrogen-bond acceptors (Lipinski definition) is 3. The van der Waals surface area contributed by atoms with Gasteiger partial charge in [0.25, 0.3) is 0 Å². The summed E-state index contributed by atoms with van der Waals surface area (Å²) in [5.41, 5.74) is -0.231. The van der Waals surface area contributed by atoms with Crippen LogP contribution < -0.4 is 10.6 Å². The molecule has 130 valence electrons. The number of benzene rings is 1. The standard InChI is InChI=1S/C17H21FN2O4/c18-13-4-2-1-3-12(13)11-19-14(21)5-8-17(10-7-16(23)24)9-6-15(22)20-17/h1-4H,5-11H2,(H,19,21)(H,20,22)(H,23,24)/t17-/m0/s1. The van der Waals surface area contributed by atoms with Crippen LogP contribution in [-0.2, 0) is 20.9 Å². The largest absolute Gasteiger partial charge is 0.481 e. The minimum Gasteiger partial charge on any atom is -0.481 e. The Kier molecular flexibility index (Phi) is 5.89. The number of halogens is 1. The molecule has 3 N–H and O–H groups in total. The minimum absolute atomic E-state index is 0.0584. The van der Waals surface area contributed by atoms with Crippen molar-refractivity contribution >= 4 is 17.8 Å². The fraction of sp³-hybridized carbons (Fsp3) is 0.471. The van der Waals surface area contributed by atoms with Gasteiger partial charge in [-0.05, 0) is 25.3 Å².